The Labute approximate surface area is 110 Å². The van der Waals surface area contributed by atoms with E-state index in [2.05, 4.69) is 10.3 Å². The molecule has 0 radical (unpaired) electrons. The number of pyridine rings is 1. The summed E-state index contributed by atoms with van der Waals surface area (Å²) in [6.07, 6.45) is 6.70. The Morgan fingerprint density at radius 3 is 2.61 bits per heavy atom. The van der Waals surface area contributed by atoms with Gasteiger partial charge in [-0.05, 0) is 31.9 Å². The second-order valence-electron chi connectivity index (χ2n) is 5.51. The number of nitrogens with zero attached hydrogens (tertiary/aromatic N) is 1. The Kier molecular flexibility index (Phi) is 4.72. The van der Waals surface area contributed by atoms with Crippen LogP contribution in [0.15, 0.2) is 18.2 Å². The van der Waals surface area contributed by atoms with Crippen LogP contribution in [0.1, 0.15) is 49.9 Å². The number of hydrogen-bond donors (Lipinski definition) is 2. The molecule has 1 aliphatic rings. The van der Waals surface area contributed by atoms with Crippen molar-refractivity contribution in [2.24, 2.45) is 0 Å². The zero-order valence-electron chi connectivity index (χ0n) is 11.3. The van der Waals surface area contributed by atoms with E-state index in [1.165, 1.54) is 12.8 Å². The molecule has 0 aromatic carbocycles. The largest absolute Gasteiger partial charge is 0.389 e. The van der Waals surface area contributed by atoms with E-state index >= 15 is 0 Å². The topological polar surface area (TPSA) is 45.1 Å². The fraction of sp³-hybridized carbons (Fsp3) is 0.667. The summed E-state index contributed by atoms with van der Waals surface area (Å²) in [6.45, 7) is 3.43. The van der Waals surface area contributed by atoms with Crippen molar-refractivity contribution in [1.29, 1.82) is 0 Å². The number of aliphatic hydroxyl groups is 1. The lowest BCUT2D eigenvalue weighted by molar-refractivity contribution is 0.0250. The van der Waals surface area contributed by atoms with Gasteiger partial charge in [0.15, 0.2) is 0 Å². The van der Waals surface area contributed by atoms with Crippen molar-refractivity contribution < 1.29 is 5.11 Å². The lowest BCUT2D eigenvalue weighted by Gasteiger charge is -2.26. The van der Waals surface area contributed by atoms with Crippen LogP contribution in [0.3, 0.4) is 0 Å². The minimum absolute atomic E-state index is 0.500. The van der Waals surface area contributed by atoms with Crippen LogP contribution in [-0.2, 0) is 6.54 Å². The number of aromatic nitrogens is 1. The maximum absolute atomic E-state index is 10.5. The van der Waals surface area contributed by atoms with Crippen LogP contribution in [0.2, 0.25) is 0 Å². The van der Waals surface area contributed by atoms with E-state index in [4.69, 9.17) is 0 Å². The summed E-state index contributed by atoms with van der Waals surface area (Å²) in [5, 5.41) is 13.9. The van der Waals surface area contributed by atoms with E-state index in [1.54, 1.807) is 0 Å². The molecular formula is C15H24N2O. The van der Waals surface area contributed by atoms with Crippen molar-refractivity contribution in [1.82, 2.24) is 10.3 Å². The molecule has 0 saturated heterocycles. The zero-order chi connectivity index (χ0) is 12.8. The summed E-state index contributed by atoms with van der Waals surface area (Å²) >= 11 is 0. The van der Waals surface area contributed by atoms with Crippen molar-refractivity contribution in [2.75, 3.05) is 6.54 Å². The van der Waals surface area contributed by atoms with Crippen molar-refractivity contribution >= 4 is 0 Å². The molecule has 0 bridgehead atoms. The van der Waals surface area contributed by atoms with Gasteiger partial charge >= 0.3 is 0 Å². The number of nitrogens with one attached hydrogen (secondary N) is 1. The molecule has 3 heteroatoms. The Bertz CT molecular complexity index is 371. The Morgan fingerprint density at radius 1 is 1.22 bits per heavy atom. The average molecular weight is 248 g/mol. The van der Waals surface area contributed by atoms with Gasteiger partial charge in [-0.2, -0.15) is 0 Å². The predicted octanol–water partition coefficient (Wildman–Crippen LogP) is 2.56. The second-order valence-corrected chi connectivity index (χ2v) is 5.51. The summed E-state index contributed by atoms with van der Waals surface area (Å²) in [7, 11) is 0. The molecule has 0 spiro atoms. The van der Waals surface area contributed by atoms with E-state index in [0.717, 1.165) is 43.6 Å². The zero-order valence-corrected chi connectivity index (χ0v) is 11.3. The van der Waals surface area contributed by atoms with Crippen LogP contribution in [0.5, 0.6) is 0 Å². The third kappa shape index (κ3) is 4.07. The highest BCUT2D eigenvalue weighted by atomic mass is 16.3. The van der Waals surface area contributed by atoms with Crippen LogP contribution in [0.4, 0.5) is 0 Å². The van der Waals surface area contributed by atoms with Gasteiger partial charge in [0.2, 0.25) is 0 Å². The van der Waals surface area contributed by atoms with Crippen molar-refractivity contribution in [3.63, 3.8) is 0 Å². The summed E-state index contributed by atoms with van der Waals surface area (Å²) in [4.78, 5) is 4.45. The number of hydrogen-bond acceptors (Lipinski definition) is 3. The highest BCUT2D eigenvalue weighted by Crippen LogP contribution is 2.26. The van der Waals surface area contributed by atoms with Crippen LogP contribution in [-0.4, -0.2) is 22.2 Å². The van der Waals surface area contributed by atoms with E-state index < -0.39 is 5.60 Å². The van der Waals surface area contributed by atoms with Gasteiger partial charge in [0.25, 0.3) is 0 Å². The summed E-state index contributed by atoms with van der Waals surface area (Å²) < 4.78 is 0. The second kappa shape index (κ2) is 6.30. The molecule has 1 saturated carbocycles. The third-order valence-corrected chi connectivity index (χ3v) is 3.74. The first-order chi connectivity index (χ1) is 8.68. The van der Waals surface area contributed by atoms with Crippen molar-refractivity contribution in [2.45, 2.75) is 57.6 Å². The first-order valence-electron chi connectivity index (χ1n) is 7.04. The Morgan fingerprint density at radius 2 is 1.94 bits per heavy atom. The highest BCUT2D eigenvalue weighted by Gasteiger charge is 2.27. The molecule has 1 aromatic heterocycles. The summed E-state index contributed by atoms with van der Waals surface area (Å²) in [5.74, 6) is 0. The molecule has 1 fully saturated rings. The molecule has 2 rings (SSSR count). The molecule has 0 atom stereocenters. The SMILES string of the molecule is Cc1cccc(CNCC2(O)CCCCCC2)n1. The Balaban J connectivity index is 1.80. The molecule has 1 aromatic rings. The lowest BCUT2D eigenvalue weighted by Crippen LogP contribution is -2.40. The molecule has 3 nitrogen and oxygen atoms in total. The van der Waals surface area contributed by atoms with Gasteiger partial charge in [0.05, 0.1) is 11.3 Å². The Hall–Kier alpha value is -0.930. The maximum atomic E-state index is 10.5. The average Bonchev–Trinajstić information content (AvgIpc) is 2.55. The van der Waals surface area contributed by atoms with Gasteiger partial charge in [0.1, 0.15) is 0 Å². The summed E-state index contributed by atoms with van der Waals surface area (Å²) in [5.41, 5.74) is 1.59. The molecule has 0 aliphatic heterocycles. The van der Waals surface area contributed by atoms with Gasteiger partial charge in [-0.25, -0.2) is 0 Å². The highest BCUT2D eigenvalue weighted by molar-refractivity contribution is 5.09. The quantitative estimate of drug-likeness (QED) is 0.805. The molecule has 2 N–H and O–H groups in total. The van der Waals surface area contributed by atoms with Gasteiger partial charge in [-0.3, -0.25) is 4.98 Å². The summed E-state index contributed by atoms with van der Waals surface area (Å²) in [6, 6.07) is 6.05. The van der Waals surface area contributed by atoms with Gasteiger partial charge in [-0.1, -0.05) is 31.7 Å². The minimum atomic E-state index is -0.500. The van der Waals surface area contributed by atoms with Gasteiger partial charge < -0.3 is 10.4 Å². The van der Waals surface area contributed by atoms with Crippen molar-refractivity contribution in [3.05, 3.63) is 29.6 Å². The van der Waals surface area contributed by atoms with Gasteiger partial charge in [0, 0.05) is 18.8 Å². The van der Waals surface area contributed by atoms with Gasteiger partial charge in [-0.15, -0.1) is 0 Å². The van der Waals surface area contributed by atoms with Crippen LogP contribution in [0, 0.1) is 6.92 Å². The van der Waals surface area contributed by atoms with Crippen LogP contribution < -0.4 is 5.32 Å². The van der Waals surface area contributed by atoms with Crippen molar-refractivity contribution in [3.8, 4) is 0 Å². The fourth-order valence-corrected chi connectivity index (χ4v) is 2.68. The maximum Gasteiger partial charge on any atom is 0.0771 e. The van der Waals surface area contributed by atoms with E-state index in [1.807, 2.05) is 25.1 Å². The van der Waals surface area contributed by atoms with Crippen LogP contribution >= 0.6 is 0 Å². The van der Waals surface area contributed by atoms with E-state index in [0.29, 0.717) is 6.54 Å². The van der Waals surface area contributed by atoms with Crippen LogP contribution in [0.25, 0.3) is 0 Å². The first kappa shape index (κ1) is 13.5. The number of rotatable bonds is 4. The smallest absolute Gasteiger partial charge is 0.0771 e. The predicted molar refractivity (Wildman–Crippen MR) is 73.3 cm³/mol. The van der Waals surface area contributed by atoms with E-state index in [-0.39, 0.29) is 0 Å². The minimum Gasteiger partial charge on any atom is -0.389 e. The fourth-order valence-electron chi connectivity index (χ4n) is 2.68. The standard InChI is InChI=1S/C15H24N2O/c1-13-7-6-8-14(17-13)11-16-12-15(18)9-4-2-3-5-10-15/h6-8,16,18H,2-5,9-12H2,1H3. The van der Waals surface area contributed by atoms with E-state index in [9.17, 15) is 5.11 Å². The molecule has 18 heavy (non-hydrogen) atoms. The lowest BCUT2D eigenvalue weighted by atomic mass is 9.94. The first-order valence-corrected chi connectivity index (χ1v) is 7.04. The number of aryl methyl sites for hydroxylation is 1. The molecule has 0 amide bonds. The molecule has 100 valence electrons. The normalized spacial score (nSPS) is 19.4. The third-order valence-electron chi connectivity index (χ3n) is 3.74. The molecular weight excluding hydrogens is 224 g/mol. The molecule has 1 heterocycles. The molecule has 1 aliphatic carbocycles. The monoisotopic (exact) mass is 248 g/mol. The molecule has 0 unspecified atom stereocenters.